The molecule has 0 atom stereocenters. The van der Waals surface area contributed by atoms with Crippen molar-refractivity contribution in [3.63, 3.8) is 0 Å². The first-order chi connectivity index (χ1) is 10.6. The van der Waals surface area contributed by atoms with Gasteiger partial charge in [-0.15, -0.1) is 0 Å². The molecule has 3 aromatic rings. The maximum absolute atomic E-state index is 12.9. The molecular weight excluding hydrogens is 349 g/mol. The van der Waals surface area contributed by atoms with Gasteiger partial charge in [-0.3, -0.25) is 0 Å². The van der Waals surface area contributed by atoms with E-state index in [1.807, 2.05) is 6.08 Å². The molecule has 0 unspecified atom stereocenters. The number of aromatic hydroxyl groups is 1. The molecule has 0 bridgehead atoms. The average molecular weight is 360 g/mol. The number of phenols is 1. The van der Waals surface area contributed by atoms with E-state index in [0.717, 1.165) is 11.1 Å². The number of benzene rings is 2. The predicted molar refractivity (Wildman–Crippen MR) is 86.8 cm³/mol. The highest BCUT2D eigenvalue weighted by Gasteiger charge is 2.09. The van der Waals surface area contributed by atoms with E-state index in [1.165, 1.54) is 12.1 Å². The second-order valence-electron chi connectivity index (χ2n) is 4.62. The number of nitrogens with zero attached hydrogens (tertiary/aromatic N) is 1. The minimum absolute atomic E-state index is 0.211. The van der Waals surface area contributed by atoms with Crippen molar-refractivity contribution in [2.24, 2.45) is 0 Å². The number of hydrogen-bond donors (Lipinski definition) is 1. The van der Waals surface area contributed by atoms with E-state index >= 15 is 0 Å². The zero-order chi connectivity index (χ0) is 15.5. The Morgan fingerprint density at radius 1 is 1.09 bits per heavy atom. The lowest BCUT2D eigenvalue weighted by Gasteiger charge is -1.97. The SMILES string of the molecule is Oc1ccc(/C=C(\Br)c2ncc(-c3ccc(F)cc3)o2)cc1. The molecular formula is C17H11BrFNO2. The Bertz CT molecular complexity index is 807. The van der Waals surface area contributed by atoms with Gasteiger partial charge in [0.05, 0.1) is 10.7 Å². The Labute approximate surface area is 134 Å². The number of oxazole rings is 1. The molecule has 0 fully saturated rings. The Balaban J connectivity index is 1.86. The topological polar surface area (TPSA) is 46.3 Å². The van der Waals surface area contributed by atoms with E-state index in [1.54, 1.807) is 42.6 Å². The molecule has 0 aliphatic heterocycles. The lowest BCUT2D eigenvalue weighted by molar-refractivity contribution is 0.475. The van der Waals surface area contributed by atoms with Crippen LogP contribution < -0.4 is 0 Å². The molecule has 110 valence electrons. The van der Waals surface area contributed by atoms with Crippen molar-refractivity contribution in [3.8, 4) is 17.1 Å². The maximum Gasteiger partial charge on any atom is 0.233 e. The monoisotopic (exact) mass is 359 g/mol. The van der Waals surface area contributed by atoms with Crippen molar-refractivity contribution in [3.05, 3.63) is 72.0 Å². The summed E-state index contributed by atoms with van der Waals surface area (Å²) in [7, 11) is 0. The van der Waals surface area contributed by atoms with Gasteiger partial charge in [-0.2, -0.15) is 0 Å². The number of phenolic OH excluding ortho intramolecular Hbond substituents is 1. The second kappa shape index (κ2) is 6.15. The van der Waals surface area contributed by atoms with Crippen molar-refractivity contribution in [1.29, 1.82) is 0 Å². The first kappa shape index (κ1) is 14.5. The molecule has 0 aliphatic rings. The van der Waals surface area contributed by atoms with Gasteiger partial charge in [-0.25, -0.2) is 9.37 Å². The highest BCUT2D eigenvalue weighted by atomic mass is 79.9. The fourth-order valence-electron chi connectivity index (χ4n) is 1.91. The highest BCUT2D eigenvalue weighted by Crippen LogP contribution is 2.28. The van der Waals surface area contributed by atoms with Crippen LogP contribution in [0.25, 0.3) is 21.9 Å². The van der Waals surface area contributed by atoms with Crippen LogP contribution in [0.5, 0.6) is 5.75 Å². The molecule has 0 spiro atoms. The van der Waals surface area contributed by atoms with Crippen molar-refractivity contribution in [1.82, 2.24) is 4.98 Å². The Hall–Kier alpha value is -2.40. The van der Waals surface area contributed by atoms with Crippen molar-refractivity contribution < 1.29 is 13.9 Å². The predicted octanol–water partition coefficient (Wildman–Crippen LogP) is 5.08. The third kappa shape index (κ3) is 3.26. The van der Waals surface area contributed by atoms with Crippen LogP contribution in [-0.2, 0) is 0 Å². The molecule has 5 heteroatoms. The Morgan fingerprint density at radius 2 is 1.77 bits per heavy atom. The summed E-state index contributed by atoms with van der Waals surface area (Å²) in [4.78, 5) is 4.20. The minimum atomic E-state index is -0.295. The number of rotatable bonds is 3. The van der Waals surface area contributed by atoms with Gasteiger partial charge in [0.15, 0.2) is 5.76 Å². The Morgan fingerprint density at radius 3 is 2.45 bits per heavy atom. The fraction of sp³-hybridized carbons (Fsp3) is 0. The standard InChI is InChI=1S/C17H11BrFNO2/c18-15(9-11-1-7-14(21)8-2-11)17-20-10-16(22-17)12-3-5-13(19)6-4-12/h1-10,21H/b15-9-. The van der Waals surface area contributed by atoms with Crippen LogP contribution in [0.15, 0.2) is 59.1 Å². The summed E-state index contributed by atoms with van der Waals surface area (Å²) in [5, 5.41) is 9.27. The first-order valence-electron chi connectivity index (χ1n) is 6.50. The molecule has 1 N–H and O–H groups in total. The molecule has 1 aromatic heterocycles. The van der Waals surface area contributed by atoms with Gasteiger partial charge in [0.25, 0.3) is 0 Å². The van der Waals surface area contributed by atoms with E-state index in [4.69, 9.17) is 4.42 Å². The second-order valence-corrected chi connectivity index (χ2v) is 5.47. The highest BCUT2D eigenvalue weighted by molar-refractivity contribution is 9.15. The van der Waals surface area contributed by atoms with Gasteiger partial charge < -0.3 is 9.52 Å². The number of halogens is 2. The van der Waals surface area contributed by atoms with Crippen LogP contribution in [0.2, 0.25) is 0 Å². The molecule has 0 aliphatic carbocycles. The summed E-state index contributed by atoms with van der Waals surface area (Å²) in [5.41, 5.74) is 1.65. The van der Waals surface area contributed by atoms with Crippen LogP contribution >= 0.6 is 15.9 Å². The molecule has 0 amide bonds. The van der Waals surface area contributed by atoms with Crippen LogP contribution in [0, 0.1) is 5.82 Å². The Kier molecular flexibility index (Phi) is 4.06. The van der Waals surface area contributed by atoms with Gasteiger partial charge in [-0.05, 0) is 64.0 Å². The maximum atomic E-state index is 12.9. The average Bonchev–Trinajstić information content (AvgIpc) is 3.00. The summed E-state index contributed by atoms with van der Waals surface area (Å²) in [6.45, 7) is 0. The lowest BCUT2D eigenvalue weighted by Crippen LogP contribution is -1.77. The molecule has 3 nitrogen and oxygen atoms in total. The summed E-state index contributed by atoms with van der Waals surface area (Å²) in [5.74, 6) is 0.901. The van der Waals surface area contributed by atoms with Gasteiger partial charge in [0.2, 0.25) is 5.89 Å². The van der Waals surface area contributed by atoms with E-state index in [2.05, 4.69) is 20.9 Å². The van der Waals surface area contributed by atoms with Crippen molar-refractivity contribution >= 4 is 26.5 Å². The fourth-order valence-corrected chi connectivity index (χ4v) is 2.36. The largest absolute Gasteiger partial charge is 0.508 e. The van der Waals surface area contributed by atoms with Gasteiger partial charge >= 0.3 is 0 Å². The van der Waals surface area contributed by atoms with Crippen molar-refractivity contribution in [2.45, 2.75) is 0 Å². The van der Waals surface area contributed by atoms with Crippen LogP contribution in [-0.4, -0.2) is 10.1 Å². The number of aromatic nitrogens is 1. The van der Waals surface area contributed by atoms with Gasteiger partial charge in [0, 0.05) is 5.56 Å². The summed E-state index contributed by atoms with van der Waals surface area (Å²) < 4.78 is 19.3. The smallest absolute Gasteiger partial charge is 0.233 e. The summed E-state index contributed by atoms with van der Waals surface area (Å²) in [6.07, 6.45) is 3.42. The van der Waals surface area contributed by atoms with Gasteiger partial charge in [0.1, 0.15) is 11.6 Å². The minimum Gasteiger partial charge on any atom is -0.508 e. The van der Waals surface area contributed by atoms with E-state index < -0.39 is 0 Å². The number of hydrogen-bond acceptors (Lipinski definition) is 3. The molecule has 2 aromatic carbocycles. The van der Waals surface area contributed by atoms with E-state index in [-0.39, 0.29) is 11.6 Å². The zero-order valence-corrected chi connectivity index (χ0v) is 12.9. The van der Waals surface area contributed by atoms with Crippen molar-refractivity contribution in [2.75, 3.05) is 0 Å². The molecule has 0 saturated heterocycles. The molecule has 3 rings (SSSR count). The van der Waals surface area contributed by atoms with E-state index in [9.17, 15) is 9.50 Å². The van der Waals surface area contributed by atoms with Crippen LogP contribution in [0.3, 0.4) is 0 Å². The third-order valence-corrected chi connectivity index (χ3v) is 3.59. The summed E-state index contributed by atoms with van der Waals surface area (Å²) in [6, 6.07) is 12.8. The molecule has 0 saturated carbocycles. The lowest BCUT2D eigenvalue weighted by atomic mass is 10.2. The molecule has 1 heterocycles. The van der Waals surface area contributed by atoms with Crippen LogP contribution in [0.4, 0.5) is 4.39 Å². The molecule has 22 heavy (non-hydrogen) atoms. The first-order valence-corrected chi connectivity index (χ1v) is 7.29. The van der Waals surface area contributed by atoms with Gasteiger partial charge in [-0.1, -0.05) is 12.1 Å². The quantitative estimate of drug-likeness (QED) is 0.709. The van der Waals surface area contributed by atoms with E-state index in [0.29, 0.717) is 16.1 Å². The third-order valence-electron chi connectivity index (χ3n) is 3.03. The zero-order valence-electron chi connectivity index (χ0n) is 11.3. The molecule has 0 radical (unpaired) electrons. The summed E-state index contributed by atoms with van der Waals surface area (Å²) >= 11 is 3.42. The van der Waals surface area contributed by atoms with Crippen LogP contribution in [0.1, 0.15) is 11.5 Å². The normalized spacial score (nSPS) is 11.6.